The van der Waals surface area contributed by atoms with Crippen LogP contribution >= 0.6 is 0 Å². The summed E-state index contributed by atoms with van der Waals surface area (Å²) in [7, 11) is 1.69. The summed E-state index contributed by atoms with van der Waals surface area (Å²) >= 11 is 0. The molecule has 4 nitrogen and oxygen atoms in total. The summed E-state index contributed by atoms with van der Waals surface area (Å²) in [6.45, 7) is 6.18. The topological polar surface area (TPSA) is 38.8 Å². The molecule has 1 aliphatic carbocycles. The summed E-state index contributed by atoms with van der Waals surface area (Å²) in [5.41, 5.74) is 0.851. The van der Waals surface area contributed by atoms with Gasteiger partial charge in [0.25, 0.3) is 0 Å². The number of benzene rings is 1. The lowest BCUT2D eigenvalue weighted by Crippen LogP contribution is -2.56. The Balaban J connectivity index is 1.80. The SMILES string of the molecule is COCC1(C(=O)N2C[C@@H](c3ccccc3)O[C@@H](C(C)C)C2)CCC1. The maximum absolute atomic E-state index is 13.2. The number of hydrogen-bond acceptors (Lipinski definition) is 3. The highest BCUT2D eigenvalue weighted by molar-refractivity contribution is 5.84. The second-order valence-corrected chi connectivity index (χ2v) is 7.59. The van der Waals surface area contributed by atoms with Crippen molar-refractivity contribution in [3.8, 4) is 0 Å². The fraction of sp³-hybridized carbons (Fsp3) is 0.650. The number of morpholine rings is 1. The van der Waals surface area contributed by atoms with E-state index in [1.165, 1.54) is 0 Å². The molecule has 1 heterocycles. The predicted molar refractivity (Wildman–Crippen MR) is 93.6 cm³/mol. The minimum absolute atomic E-state index is 0.0454. The second kappa shape index (κ2) is 7.24. The largest absolute Gasteiger partial charge is 0.384 e. The van der Waals surface area contributed by atoms with Crippen molar-refractivity contribution in [2.24, 2.45) is 11.3 Å². The fourth-order valence-electron chi connectivity index (χ4n) is 3.81. The van der Waals surface area contributed by atoms with Crippen LogP contribution in [-0.2, 0) is 14.3 Å². The number of nitrogens with zero attached hydrogens (tertiary/aromatic N) is 1. The number of hydrogen-bond donors (Lipinski definition) is 0. The molecule has 0 spiro atoms. The van der Waals surface area contributed by atoms with Gasteiger partial charge in [0, 0.05) is 13.7 Å². The molecule has 132 valence electrons. The Labute approximate surface area is 145 Å². The third kappa shape index (κ3) is 3.35. The van der Waals surface area contributed by atoms with E-state index in [9.17, 15) is 4.79 Å². The Morgan fingerprint density at radius 2 is 2.00 bits per heavy atom. The van der Waals surface area contributed by atoms with Crippen LogP contribution in [0.5, 0.6) is 0 Å². The van der Waals surface area contributed by atoms with Gasteiger partial charge >= 0.3 is 0 Å². The highest BCUT2D eigenvalue weighted by Gasteiger charge is 2.48. The van der Waals surface area contributed by atoms with Crippen molar-refractivity contribution in [1.29, 1.82) is 0 Å². The van der Waals surface area contributed by atoms with E-state index < -0.39 is 0 Å². The van der Waals surface area contributed by atoms with Crippen LogP contribution in [0.25, 0.3) is 0 Å². The van der Waals surface area contributed by atoms with Gasteiger partial charge in [-0.1, -0.05) is 50.6 Å². The van der Waals surface area contributed by atoms with E-state index in [0.717, 1.165) is 24.8 Å². The molecule has 1 aliphatic heterocycles. The molecule has 0 N–H and O–H groups in total. The van der Waals surface area contributed by atoms with Gasteiger partial charge in [-0.05, 0) is 24.3 Å². The van der Waals surface area contributed by atoms with E-state index in [2.05, 4.69) is 26.0 Å². The van der Waals surface area contributed by atoms with Crippen molar-refractivity contribution in [3.63, 3.8) is 0 Å². The lowest BCUT2D eigenvalue weighted by atomic mass is 9.68. The van der Waals surface area contributed by atoms with Gasteiger partial charge < -0.3 is 14.4 Å². The molecule has 1 saturated heterocycles. The standard InChI is InChI=1S/C20H29NO3/c1-15(2)17-12-21(19(22)20(14-23-3)10-7-11-20)13-18(24-17)16-8-5-4-6-9-16/h4-6,8-9,15,17-18H,7,10-14H2,1-3H3/t17-,18+/m1/s1. The zero-order valence-electron chi connectivity index (χ0n) is 15.0. The fourth-order valence-corrected chi connectivity index (χ4v) is 3.81. The molecule has 1 amide bonds. The molecular formula is C20H29NO3. The zero-order valence-corrected chi connectivity index (χ0v) is 15.0. The number of rotatable bonds is 5. The Morgan fingerprint density at radius 3 is 2.54 bits per heavy atom. The second-order valence-electron chi connectivity index (χ2n) is 7.59. The molecule has 1 aromatic rings. The Kier molecular flexibility index (Phi) is 5.26. The maximum atomic E-state index is 13.2. The van der Waals surface area contributed by atoms with Crippen LogP contribution in [0.1, 0.15) is 44.8 Å². The van der Waals surface area contributed by atoms with Gasteiger partial charge in [-0.3, -0.25) is 4.79 Å². The minimum Gasteiger partial charge on any atom is -0.384 e. The summed E-state index contributed by atoms with van der Waals surface area (Å²) in [6.07, 6.45) is 3.04. The minimum atomic E-state index is -0.297. The quantitative estimate of drug-likeness (QED) is 0.830. The highest BCUT2D eigenvalue weighted by Crippen LogP contribution is 2.44. The predicted octanol–water partition coefficient (Wildman–Crippen LogP) is 3.43. The first-order chi connectivity index (χ1) is 11.6. The highest BCUT2D eigenvalue weighted by atomic mass is 16.5. The molecule has 4 heteroatoms. The number of methoxy groups -OCH3 is 1. The van der Waals surface area contributed by atoms with Gasteiger partial charge in [-0.25, -0.2) is 0 Å². The molecule has 2 atom stereocenters. The van der Waals surface area contributed by atoms with E-state index in [1.807, 2.05) is 23.1 Å². The van der Waals surface area contributed by atoms with Gasteiger partial charge in [0.2, 0.25) is 5.91 Å². The normalized spacial score (nSPS) is 26.2. The van der Waals surface area contributed by atoms with Crippen LogP contribution in [0.4, 0.5) is 0 Å². The van der Waals surface area contributed by atoms with E-state index in [-0.39, 0.29) is 23.5 Å². The molecule has 0 unspecified atom stereocenters. The van der Waals surface area contributed by atoms with Crippen LogP contribution in [0, 0.1) is 11.3 Å². The molecular weight excluding hydrogens is 302 g/mol. The first kappa shape index (κ1) is 17.4. The zero-order chi connectivity index (χ0) is 17.2. The molecule has 1 aromatic carbocycles. The molecule has 0 radical (unpaired) electrons. The third-order valence-corrected chi connectivity index (χ3v) is 5.51. The van der Waals surface area contributed by atoms with E-state index in [0.29, 0.717) is 25.6 Å². The number of amides is 1. The molecule has 0 bridgehead atoms. The van der Waals surface area contributed by atoms with Gasteiger partial charge in [0.15, 0.2) is 0 Å². The van der Waals surface area contributed by atoms with Crippen molar-refractivity contribution < 1.29 is 14.3 Å². The number of carbonyl (C=O) groups is 1. The van der Waals surface area contributed by atoms with Crippen LogP contribution in [0.3, 0.4) is 0 Å². The Bertz CT molecular complexity index is 553. The van der Waals surface area contributed by atoms with Crippen LogP contribution in [0.15, 0.2) is 30.3 Å². The lowest BCUT2D eigenvalue weighted by Gasteiger charge is -2.47. The first-order valence-electron chi connectivity index (χ1n) is 9.04. The average molecular weight is 331 g/mol. The maximum Gasteiger partial charge on any atom is 0.231 e. The van der Waals surface area contributed by atoms with Crippen molar-refractivity contribution in [1.82, 2.24) is 4.90 Å². The summed E-state index contributed by atoms with van der Waals surface area (Å²) in [5, 5.41) is 0. The molecule has 3 rings (SSSR count). The summed E-state index contributed by atoms with van der Waals surface area (Å²) < 4.78 is 11.7. The van der Waals surface area contributed by atoms with Crippen molar-refractivity contribution in [2.45, 2.75) is 45.3 Å². The summed E-state index contributed by atoms with van der Waals surface area (Å²) in [4.78, 5) is 15.3. The smallest absolute Gasteiger partial charge is 0.231 e. The lowest BCUT2D eigenvalue weighted by molar-refractivity contribution is -0.168. The molecule has 2 fully saturated rings. The van der Waals surface area contributed by atoms with Crippen LogP contribution in [-0.4, -0.2) is 43.7 Å². The monoisotopic (exact) mass is 331 g/mol. The molecule has 1 saturated carbocycles. The van der Waals surface area contributed by atoms with Crippen molar-refractivity contribution in [3.05, 3.63) is 35.9 Å². The summed E-state index contributed by atoms with van der Waals surface area (Å²) in [6, 6.07) is 10.2. The third-order valence-electron chi connectivity index (χ3n) is 5.51. The first-order valence-corrected chi connectivity index (χ1v) is 9.04. The van der Waals surface area contributed by atoms with Gasteiger partial charge in [-0.15, -0.1) is 0 Å². The van der Waals surface area contributed by atoms with Gasteiger partial charge in [0.1, 0.15) is 6.10 Å². The Hall–Kier alpha value is -1.39. The molecule has 0 aromatic heterocycles. The van der Waals surface area contributed by atoms with E-state index in [1.54, 1.807) is 7.11 Å². The Morgan fingerprint density at radius 1 is 1.29 bits per heavy atom. The van der Waals surface area contributed by atoms with Crippen LogP contribution < -0.4 is 0 Å². The van der Waals surface area contributed by atoms with E-state index in [4.69, 9.17) is 9.47 Å². The summed E-state index contributed by atoms with van der Waals surface area (Å²) in [5.74, 6) is 0.636. The van der Waals surface area contributed by atoms with Crippen molar-refractivity contribution >= 4 is 5.91 Å². The van der Waals surface area contributed by atoms with Crippen LogP contribution in [0.2, 0.25) is 0 Å². The number of ether oxygens (including phenoxy) is 2. The average Bonchev–Trinajstić information content (AvgIpc) is 2.58. The van der Waals surface area contributed by atoms with Gasteiger partial charge in [-0.2, -0.15) is 0 Å². The number of carbonyl (C=O) groups excluding carboxylic acids is 1. The molecule has 2 aliphatic rings. The van der Waals surface area contributed by atoms with Gasteiger partial charge in [0.05, 0.1) is 24.7 Å². The van der Waals surface area contributed by atoms with E-state index >= 15 is 0 Å². The van der Waals surface area contributed by atoms with Crippen molar-refractivity contribution in [2.75, 3.05) is 26.8 Å². The molecule has 24 heavy (non-hydrogen) atoms.